The van der Waals surface area contributed by atoms with E-state index in [9.17, 15) is 13.2 Å². The fourth-order valence-electron chi connectivity index (χ4n) is 2.40. The molecule has 2 atom stereocenters. The number of ether oxygens (including phenoxy) is 2. The van der Waals surface area contributed by atoms with Gasteiger partial charge in [0.05, 0.1) is 6.10 Å². The molecule has 6 heteroatoms. The van der Waals surface area contributed by atoms with Crippen LogP contribution in [0.25, 0.3) is 0 Å². The van der Waals surface area contributed by atoms with Crippen LogP contribution in [0.4, 0.5) is 13.2 Å². The van der Waals surface area contributed by atoms with Gasteiger partial charge in [0, 0.05) is 18.2 Å². The highest BCUT2D eigenvalue weighted by Crippen LogP contribution is 2.32. The maximum Gasteiger partial charge on any atom is 0.573 e. The van der Waals surface area contributed by atoms with Crippen LogP contribution in [0.15, 0.2) is 24.3 Å². The molecule has 0 aliphatic carbocycles. The van der Waals surface area contributed by atoms with Gasteiger partial charge in [-0.3, -0.25) is 0 Å². The van der Waals surface area contributed by atoms with Crippen molar-refractivity contribution in [2.45, 2.75) is 44.2 Å². The van der Waals surface area contributed by atoms with Crippen LogP contribution in [0, 0.1) is 0 Å². The number of alkyl halides is 3. The molecular formula is C14H18F3NO2. The quantitative estimate of drug-likeness (QED) is 0.901. The molecule has 1 aromatic rings. The Balaban J connectivity index is 1.99. The first-order valence-corrected chi connectivity index (χ1v) is 6.67. The van der Waals surface area contributed by atoms with Crippen molar-refractivity contribution in [2.24, 2.45) is 5.73 Å². The monoisotopic (exact) mass is 289 g/mol. The van der Waals surface area contributed by atoms with E-state index in [1.54, 1.807) is 12.1 Å². The molecule has 0 bridgehead atoms. The van der Waals surface area contributed by atoms with Crippen LogP contribution in [0.3, 0.4) is 0 Å². The van der Waals surface area contributed by atoms with Gasteiger partial charge < -0.3 is 15.2 Å². The van der Waals surface area contributed by atoms with Crippen molar-refractivity contribution < 1.29 is 22.6 Å². The first-order chi connectivity index (χ1) is 9.46. The Hall–Kier alpha value is -1.27. The van der Waals surface area contributed by atoms with Crippen molar-refractivity contribution in [2.75, 3.05) is 6.61 Å². The van der Waals surface area contributed by atoms with E-state index in [0.29, 0.717) is 12.0 Å². The van der Waals surface area contributed by atoms with Crippen molar-refractivity contribution in [3.8, 4) is 5.75 Å². The standard InChI is InChI=1S/C14H18F3NO2/c15-14(16,17)20-13-6-2-1-5-11(13)12(18)8-7-10-4-3-9-19-10/h1-2,5-6,10,12H,3-4,7-9,18H2. The number of benzene rings is 1. The molecule has 1 saturated heterocycles. The topological polar surface area (TPSA) is 44.5 Å². The van der Waals surface area contributed by atoms with E-state index in [-0.39, 0.29) is 11.9 Å². The molecule has 2 N–H and O–H groups in total. The highest BCUT2D eigenvalue weighted by atomic mass is 19.4. The predicted octanol–water partition coefficient (Wildman–Crippen LogP) is 3.54. The van der Waals surface area contributed by atoms with Crippen molar-refractivity contribution in [1.82, 2.24) is 0 Å². The number of rotatable bonds is 5. The van der Waals surface area contributed by atoms with Crippen molar-refractivity contribution in [3.63, 3.8) is 0 Å². The summed E-state index contributed by atoms with van der Waals surface area (Å²) < 4.78 is 46.5. The zero-order valence-corrected chi connectivity index (χ0v) is 11.0. The Morgan fingerprint density at radius 2 is 2.10 bits per heavy atom. The van der Waals surface area contributed by atoms with Gasteiger partial charge in [0.25, 0.3) is 0 Å². The molecule has 2 rings (SSSR count). The Morgan fingerprint density at radius 1 is 1.35 bits per heavy atom. The van der Waals surface area contributed by atoms with Gasteiger partial charge in [0.15, 0.2) is 0 Å². The molecule has 1 heterocycles. The van der Waals surface area contributed by atoms with Gasteiger partial charge in [-0.1, -0.05) is 18.2 Å². The molecule has 3 nitrogen and oxygen atoms in total. The summed E-state index contributed by atoms with van der Waals surface area (Å²) in [4.78, 5) is 0. The minimum absolute atomic E-state index is 0.178. The molecule has 2 unspecified atom stereocenters. The lowest BCUT2D eigenvalue weighted by molar-refractivity contribution is -0.275. The highest BCUT2D eigenvalue weighted by Gasteiger charge is 2.32. The van der Waals surface area contributed by atoms with E-state index in [0.717, 1.165) is 25.9 Å². The fraction of sp³-hybridized carbons (Fsp3) is 0.571. The maximum absolute atomic E-state index is 12.3. The zero-order valence-electron chi connectivity index (χ0n) is 11.0. The Morgan fingerprint density at radius 3 is 2.75 bits per heavy atom. The van der Waals surface area contributed by atoms with Gasteiger partial charge >= 0.3 is 6.36 Å². The van der Waals surface area contributed by atoms with Crippen LogP contribution in [-0.2, 0) is 4.74 Å². The van der Waals surface area contributed by atoms with Crippen LogP contribution in [0.5, 0.6) is 5.75 Å². The summed E-state index contributed by atoms with van der Waals surface area (Å²) in [5, 5.41) is 0. The largest absolute Gasteiger partial charge is 0.573 e. The Bertz CT molecular complexity index is 431. The molecule has 20 heavy (non-hydrogen) atoms. The molecule has 0 radical (unpaired) electrons. The van der Waals surface area contributed by atoms with Gasteiger partial charge in [0.1, 0.15) is 5.75 Å². The molecule has 1 aliphatic heterocycles. The summed E-state index contributed by atoms with van der Waals surface area (Å²) >= 11 is 0. The lowest BCUT2D eigenvalue weighted by atomic mass is 9.99. The molecule has 0 saturated carbocycles. The molecule has 1 aliphatic rings. The number of hydrogen-bond donors (Lipinski definition) is 1. The van der Waals surface area contributed by atoms with Gasteiger partial charge in [-0.2, -0.15) is 0 Å². The number of nitrogens with two attached hydrogens (primary N) is 1. The van der Waals surface area contributed by atoms with Crippen LogP contribution < -0.4 is 10.5 Å². The second-order valence-electron chi connectivity index (χ2n) is 4.90. The second-order valence-corrected chi connectivity index (χ2v) is 4.90. The third-order valence-electron chi connectivity index (χ3n) is 3.37. The van der Waals surface area contributed by atoms with E-state index in [1.165, 1.54) is 12.1 Å². The average molecular weight is 289 g/mol. The minimum atomic E-state index is -4.70. The Labute approximate surface area is 115 Å². The molecular weight excluding hydrogens is 271 g/mol. The molecule has 0 amide bonds. The smallest absolute Gasteiger partial charge is 0.405 e. The second kappa shape index (κ2) is 6.45. The molecule has 0 aromatic heterocycles. The van der Waals surface area contributed by atoms with Crippen LogP contribution in [-0.4, -0.2) is 19.1 Å². The SMILES string of the molecule is NC(CCC1CCCO1)c1ccccc1OC(F)(F)F. The highest BCUT2D eigenvalue weighted by molar-refractivity contribution is 5.35. The lowest BCUT2D eigenvalue weighted by Gasteiger charge is -2.19. The van der Waals surface area contributed by atoms with Gasteiger partial charge in [-0.25, -0.2) is 0 Å². The number of halogens is 3. The van der Waals surface area contributed by atoms with E-state index >= 15 is 0 Å². The first kappa shape index (κ1) is 15.1. The summed E-state index contributed by atoms with van der Waals surface area (Å²) in [5.41, 5.74) is 6.37. The van der Waals surface area contributed by atoms with Crippen LogP contribution in [0.1, 0.15) is 37.3 Å². The van der Waals surface area contributed by atoms with E-state index in [4.69, 9.17) is 10.5 Å². The molecule has 0 spiro atoms. The van der Waals surface area contributed by atoms with Gasteiger partial charge in [0.2, 0.25) is 0 Å². The van der Waals surface area contributed by atoms with Crippen LogP contribution in [0.2, 0.25) is 0 Å². The van der Waals surface area contributed by atoms with Crippen molar-refractivity contribution >= 4 is 0 Å². The molecule has 112 valence electrons. The average Bonchev–Trinajstić information content (AvgIpc) is 2.88. The maximum atomic E-state index is 12.3. The fourth-order valence-corrected chi connectivity index (χ4v) is 2.40. The van der Waals surface area contributed by atoms with E-state index in [2.05, 4.69) is 4.74 Å². The van der Waals surface area contributed by atoms with Crippen LogP contribution >= 0.6 is 0 Å². The van der Waals surface area contributed by atoms with Gasteiger partial charge in [-0.05, 0) is 31.7 Å². The van der Waals surface area contributed by atoms with E-state index < -0.39 is 12.4 Å². The summed E-state index contributed by atoms with van der Waals surface area (Å²) in [6.07, 6.45) is -1.17. The minimum Gasteiger partial charge on any atom is -0.405 e. The number of hydrogen-bond acceptors (Lipinski definition) is 3. The summed E-state index contributed by atoms with van der Waals surface area (Å²) in [7, 11) is 0. The third kappa shape index (κ3) is 4.38. The van der Waals surface area contributed by atoms with Crippen molar-refractivity contribution in [1.29, 1.82) is 0 Å². The normalized spacial score (nSPS) is 20.9. The zero-order chi connectivity index (χ0) is 14.6. The molecule has 1 fully saturated rings. The Kier molecular flexibility index (Phi) is 4.88. The summed E-state index contributed by atoms with van der Waals surface area (Å²) in [5.74, 6) is -0.222. The van der Waals surface area contributed by atoms with Crippen molar-refractivity contribution in [3.05, 3.63) is 29.8 Å². The number of para-hydroxylation sites is 1. The van der Waals surface area contributed by atoms with Gasteiger partial charge in [-0.15, -0.1) is 13.2 Å². The summed E-state index contributed by atoms with van der Waals surface area (Å²) in [6.45, 7) is 0.758. The predicted molar refractivity (Wildman–Crippen MR) is 68.3 cm³/mol. The summed E-state index contributed by atoms with van der Waals surface area (Å²) in [6, 6.07) is 5.52. The lowest BCUT2D eigenvalue weighted by Crippen LogP contribution is -2.21. The third-order valence-corrected chi connectivity index (χ3v) is 3.37. The van der Waals surface area contributed by atoms with E-state index in [1.807, 2.05) is 0 Å². The first-order valence-electron chi connectivity index (χ1n) is 6.67. The molecule has 1 aromatic carbocycles.